The quantitative estimate of drug-likeness (QED) is 0.176. The van der Waals surface area contributed by atoms with Crippen molar-refractivity contribution in [2.75, 3.05) is 4.90 Å². The highest BCUT2D eigenvalue weighted by Crippen LogP contribution is 2.60. The third kappa shape index (κ3) is 4.28. The highest BCUT2D eigenvalue weighted by molar-refractivity contribution is 9.10. The summed E-state index contributed by atoms with van der Waals surface area (Å²) in [5.74, 6) is 0.973. The summed E-state index contributed by atoms with van der Waals surface area (Å²) >= 11 is 3.69. The minimum absolute atomic E-state index is 0.115. The largest absolute Gasteiger partial charge is 0.459 e. The van der Waals surface area contributed by atoms with E-state index in [2.05, 4.69) is 205 Å². The van der Waals surface area contributed by atoms with Gasteiger partial charge in [-0.15, -0.1) is 0 Å². The molecule has 10 rings (SSSR count). The lowest BCUT2D eigenvalue weighted by Crippen LogP contribution is -2.28. The number of hydrogen-bond donors (Lipinski definition) is 0. The molecule has 1 heterocycles. The molecule has 0 amide bonds. The molecular formula is C48H34BrNO. The monoisotopic (exact) mass is 719 g/mol. The minimum Gasteiger partial charge on any atom is -0.459 e. The third-order valence-corrected chi connectivity index (χ3v) is 11.7. The van der Waals surface area contributed by atoms with Gasteiger partial charge >= 0.3 is 0 Å². The Labute approximate surface area is 306 Å². The molecular weight excluding hydrogens is 686 g/mol. The number of benzene rings is 7. The number of furan rings is 1. The van der Waals surface area contributed by atoms with Crippen molar-refractivity contribution in [3.05, 3.63) is 208 Å². The van der Waals surface area contributed by atoms with Crippen LogP contribution in [0.25, 0.3) is 33.2 Å². The Bertz CT molecular complexity index is 2580. The fourth-order valence-electron chi connectivity index (χ4n) is 8.88. The maximum absolute atomic E-state index is 6.99. The number of anilines is 3. The van der Waals surface area contributed by atoms with Gasteiger partial charge in [-0.25, -0.2) is 0 Å². The maximum atomic E-state index is 6.99. The molecule has 2 aliphatic carbocycles. The molecule has 51 heavy (non-hydrogen) atoms. The summed E-state index contributed by atoms with van der Waals surface area (Å²) in [4.78, 5) is 2.41. The summed E-state index contributed by atoms with van der Waals surface area (Å²) in [5, 5.41) is 1.14. The SMILES string of the molecule is CC1(C)c2ccccc2-c2ccc(N(c3ccc(Br)cc3)c3ccc4c(c3)C(c3ccccc3)(c3ccccc3)c3oc5ccccc5c3-4)cc21. The molecule has 2 nitrogen and oxygen atoms in total. The molecule has 0 N–H and O–H groups in total. The molecule has 8 aromatic rings. The van der Waals surface area contributed by atoms with Gasteiger partial charge in [-0.05, 0) is 99.1 Å². The Morgan fingerprint density at radius 1 is 0.490 bits per heavy atom. The van der Waals surface area contributed by atoms with E-state index < -0.39 is 5.41 Å². The van der Waals surface area contributed by atoms with E-state index >= 15 is 0 Å². The van der Waals surface area contributed by atoms with E-state index in [1.54, 1.807) is 0 Å². The summed E-state index contributed by atoms with van der Waals surface area (Å²) < 4.78 is 8.04. The van der Waals surface area contributed by atoms with Gasteiger partial charge in [0.15, 0.2) is 0 Å². The fourth-order valence-corrected chi connectivity index (χ4v) is 9.15. The van der Waals surface area contributed by atoms with Crippen LogP contribution in [0.15, 0.2) is 179 Å². The van der Waals surface area contributed by atoms with Crippen molar-refractivity contribution >= 4 is 44.0 Å². The molecule has 0 radical (unpaired) electrons. The van der Waals surface area contributed by atoms with Gasteiger partial charge in [-0.1, -0.05) is 145 Å². The second kappa shape index (κ2) is 11.2. The standard InChI is InChI=1S/C48H34BrNO/c1-47(2)41-19-11-9-17-37(41)38-27-25-35(29-42(38)47)50(34-23-21-33(49)22-24-34)36-26-28-39-43(30-36)48(31-13-5-3-6-14-31,32-15-7-4-8-16-32)46-45(39)40-18-10-12-20-44(40)51-46/h3-30H,1-2H3. The Hall–Kier alpha value is -5.64. The summed E-state index contributed by atoms with van der Waals surface area (Å²) in [6, 6.07) is 61.7. The lowest BCUT2D eigenvalue weighted by atomic mass is 9.70. The Balaban J connectivity index is 1.25. The lowest BCUT2D eigenvalue weighted by molar-refractivity contribution is 0.502. The van der Waals surface area contributed by atoms with Crippen molar-refractivity contribution in [2.24, 2.45) is 0 Å². The zero-order chi connectivity index (χ0) is 34.3. The Kier molecular flexibility index (Phi) is 6.62. The van der Waals surface area contributed by atoms with Crippen molar-refractivity contribution in [3.63, 3.8) is 0 Å². The van der Waals surface area contributed by atoms with E-state index in [0.717, 1.165) is 38.3 Å². The highest BCUT2D eigenvalue weighted by Gasteiger charge is 2.50. The van der Waals surface area contributed by atoms with E-state index in [9.17, 15) is 0 Å². The van der Waals surface area contributed by atoms with Crippen LogP contribution in [0.5, 0.6) is 0 Å². The zero-order valence-electron chi connectivity index (χ0n) is 28.4. The van der Waals surface area contributed by atoms with E-state index in [-0.39, 0.29) is 5.41 Å². The van der Waals surface area contributed by atoms with Gasteiger partial charge in [0.25, 0.3) is 0 Å². The van der Waals surface area contributed by atoms with Crippen LogP contribution in [0.2, 0.25) is 0 Å². The van der Waals surface area contributed by atoms with E-state index in [4.69, 9.17) is 4.42 Å². The number of para-hydroxylation sites is 1. The van der Waals surface area contributed by atoms with Crippen LogP contribution in [0, 0.1) is 0 Å². The van der Waals surface area contributed by atoms with Crippen molar-refractivity contribution in [1.29, 1.82) is 0 Å². The second-order valence-corrected chi connectivity index (χ2v) is 15.1. The van der Waals surface area contributed by atoms with Gasteiger partial charge in [0.05, 0.1) is 0 Å². The molecule has 0 unspecified atom stereocenters. The molecule has 0 saturated heterocycles. The van der Waals surface area contributed by atoms with E-state index in [1.165, 1.54) is 50.1 Å². The van der Waals surface area contributed by atoms with Crippen LogP contribution >= 0.6 is 15.9 Å². The Morgan fingerprint density at radius 3 is 1.75 bits per heavy atom. The minimum atomic E-state index is -0.658. The number of nitrogens with zero attached hydrogens (tertiary/aromatic N) is 1. The van der Waals surface area contributed by atoms with Gasteiger partial charge in [-0.3, -0.25) is 0 Å². The van der Waals surface area contributed by atoms with Crippen LogP contribution in [-0.2, 0) is 10.8 Å². The molecule has 0 atom stereocenters. The van der Waals surface area contributed by atoms with Gasteiger partial charge in [-0.2, -0.15) is 0 Å². The zero-order valence-corrected chi connectivity index (χ0v) is 30.0. The molecule has 0 spiro atoms. The first-order valence-corrected chi connectivity index (χ1v) is 18.3. The van der Waals surface area contributed by atoms with E-state index in [0.29, 0.717) is 0 Å². The molecule has 1 aromatic heterocycles. The van der Waals surface area contributed by atoms with Crippen LogP contribution in [0.4, 0.5) is 17.1 Å². The first-order valence-electron chi connectivity index (χ1n) is 17.5. The summed E-state index contributed by atoms with van der Waals surface area (Å²) in [7, 11) is 0. The van der Waals surface area contributed by atoms with Crippen LogP contribution in [0.1, 0.15) is 47.4 Å². The number of fused-ring (bicyclic) bond motifs is 8. The first kappa shape index (κ1) is 30.2. The predicted molar refractivity (Wildman–Crippen MR) is 213 cm³/mol. The van der Waals surface area contributed by atoms with Crippen LogP contribution in [-0.4, -0.2) is 0 Å². The normalized spacial score (nSPS) is 14.5. The molecule has 2 aliphatic rings. The second-order valence-electron chi connectivity index (χ2n) is 14.2. The van der Waals surface area contributed by atoms with Crippen molar-refractivity contribution in [3.8, 4) is 22.3 Å². The van der Waals surface area contributed by atoms with Crippen molar-refractivity contribution in [1.82, 2.24) is 0 Å². The molecule has 0 saturated carbocycles. The van der Waals surface area contributed by atoms with Gasteiger partial charge < -0.3 is 9.32 Å². The van der Waals surface area contributed by atoms with Gasteiger partial charge in [0.2, 0.25) is 0 Å². The van der Waals surface area contributed by atoms with Crippen molar-refractivity contribution < 1.29 is 4.42 Å². The fraction of sp³-hybridized carbons (Fsp3) is 0.0833. The average molecular weight is 721 g/mol. The molecule has 0 aliphatic heterocycles. The number of rotatable bonds is 5. The van der Waals surface area contributed by atoms with E-state index in [1.807, 2.05) is 0 Å². The molecule has 0 bridgehead atoms. The average Bonchev–Trinajstić information content (AvgIpc) is 3.77. The summed E-state index contributed by atoms with van der Waals surface area (Å²) in [5.41, 5.74) is 14.8. The molecule has 7 aromatic carbocycles. The molecule has 244 valence electrons. The maximum Gasteiger partial charge on any atom is 0.135 e. The van der Waals surface area contributed by atoms with Crippen LogP contribution < -0.4 is 4.90 Å². The van der Waals surface area contributed by atoms with Crippen molar-refractivity contribution in [2.45, 2.75) is 24.7 Å². The van der Waals surface area contributed by atoms with Crippen LogP contribution in [0.3, 0.4) is 0 Å². The molecule has 0 fully saturated rings. The molecule has 3 heteroatoms. The smallest absolute Gasteiger partial charge is 0.135 e. The van der Waals surface area contributed by atoms with Gasteiger partial charge in [0, 0.05) is 37.9 Å². The summed E-state index contributed by atoms with van der Waals surface area (Å²) in [6.45, 7) is 4.69. The third-order valence-electron chi connectivity index (χ3n) is 11.2. The highest BCUT2D eigenvalue weighted by atomic mass is 79.9. The topological polar surface area (TPSA) is 16.4 Å². The Morgan fingerprint density at radius 2 is 1.04 bits per heavy atom. The number of hydrogen-bond acceptors (Lipinski definition) is 2. The summed E-state index contributed by atoms with van der Waals surface area (Å²) in [6.07, 6.45) is 0. The van der Waals surface area contributed by atoms with Gasteiger partial charge in [0.1, 0.15) is 16.8 Å². The predicted octanol–water partition coefficient (Wildman–Crippen LogP) is 13.3. The number of halogens is 1. The lowest BCUT2D eigenvalue weighted by Gasteiger charge is -2.33. The first-order chi connectivity index (χ1) is 25.0.